The molecule has 10 heteroatoms. The number of carbonyl (C=O) groups is 5. The van der Waals surface area contributed by atoms with E-state index in [2.05, 4.69) is 5.32 Å². The highest BCUT2D eigenvalue weighted by atomic mass is 19.1. The van der Waals surface area contributed by atoms with Gasteiger partial charge in [0.1, 0.15) is 5.82 Å². The molecule has 30 heavy (non-hydrogen) atoms. The van der Waals surface area contributed by atoms with Crippen LogP contribution in [0.2, 0.25) is 0 Å². The maximum atomic E-state index is 13.5. The molecule has 0 spiro atoms. The third-order valence-corrected chi connectivity index (χ3v) is 4.10. The van der Waals surface area contributed by atoms with Crippen molar-refractivity contribution in [2.75, 3.05) is 16.8 Å². The first-order valence-electron chi connectivity index (χ1n) is 8.83. The van der Waals surface area contributed by atoms with Gasteiger partial charge in [0.2, 0.25) is 11.8 Å². The zero-order valence-electron chi connectivity index (χ0n) is 15.5. The maximum Gasteiger partial charge on any atom is 0.338 e. The summed E-state index contributed by atoms with van der Waals surface area (Å²) in [4.78, 5) is 60.3. The van der Waals surface area contributed by atoms with Crippen LogP contribution in [0.1, 0.15) is 23.2 Å². The average molecular weight is 413 g/mol. The molecule has 154 valence electrons. The van der Waals surface area contributed by atoms with Gasteiger partial charge in [-0.15, -0.1) is 0 Å². The van der Waals surface area contributed by atoms with Crippen molar-refractivity contribution in [3.05, 3.63) is 59.9 Å². The number of rotatable bonds is 5. The highest BCUT2D eigenvalue weighted by molar-refractivity contribution is 6.20. The average Bonchev–Trinajstić information content (AvgIpc) is 3.06. The molecule has 3 rings (SSSR count). The molecular weight excluding hydrogens is 397 g/mol. The van der Waals surface area contributed by atoms with Gasteiger partial charge in [-0.05, 0) is 30.3 Å². The Morgan fingerprint density at radius 2 is 1.70 bits per heavy atom. The largest absolute Gasteiger partial charge is 0.452 e. The number of imide groups is 2. The number of anilines is 2. The van der Waals surface area contributed by atoms with Crippen LogP contribution in [0.15, 0.2) is 48.5 Å². The number of hydrogen-bond acceptors (Lipinski definition) is 6. The number of nitrogens with one attached hydrogen (secondary N) is 2. The molecule has 0 saturated carbocycles. The van der Waals surface area contributed by atoms with Crippen LogP contribution in [0.25, 0.3) is 0 Å². The van der Waals surface area contributed by atoms with E-state index in [1.54, 1.807) is 0 Å². The summed E-state index contributed by atoms with van der Waals surface area (Å²) >= 11 is 0. The molecule has 0 aromatic heterocycles. The number of halogens is 1. The summed E-state index contributed by atoms with van der Waals surface area (Å²) in [5.41, 5.74) is 0.122. The summed E-state index contributed by atoms with van der Waals surface area (Å²) < 4.78 is 18.3. The normalized spacial score (nSPS) is 13.2. The molecule has 2 aromatic rings. The molecule has 2 N–H and O–H groups in total. The van der Waals surface area contributed by atoms with Gasteiger partial charge in [0.15, 0.2) is 6.61 Å². The second-order valence-electron chi connectivity index (χ2n) is 6.23. The third kappa shape index (κ3) is 4.85. The van der Waals surface area contributed by atoms with Gasteiger partial charge in [-0.2, -0.15) is 0 Å². The zero-order chi connectivity index (χ0) is 21.7. The van der Waals surface area contributed by atoms with Crippen LogP contribution in [0.5, 0.6) is 0 Å². The minimum absolute atomic E-state index is 0.0172. The van der Waals surface area contributed by atoms with Crippen molar-refractivity contribution in [1.82, 2.24) is 5.32 Å². The molecule has 1 fully saturated rings. The van der Waals surface area contributed by atoms with Crippen molar-refractivity contribution < 1.29 is 33.1 Å². The summed E-state index contributed by atoms with van der Waals surface area (Å²) in [5.74, 6) is -3.24. The molecule has 1 saturated heterocycles. The van der Waals surface area contributed by atoms with Crippen molar-refractivity contribution in [3.8, 4) is 0 Å². The van der Waals surface area contributed by atoms with Crippen LogP contribution in [0, 0.1) is 5.82 Å². The van der Waals surface area contributed by atoms with Crippen molar-refractivity contribution in [1.29, 1.82) is 0 Å². The fourth-order valence-corrected chi connectivity index (χ4v) is 2.73. The fourth-order valence-electron chi connectivity index (χ4n) is 2.73. The molecule has 0 radical (unpaired) electrons. The number of para-hydroxylation sites is 1. The van der Waals surface area contributed by atoms with Gasteiger partial charge in [-0.25, -0.2) is 14.0 Å². The van der Waals surface area contributed by atoms with Crippen molar-refractivity contribution in [3.63, 3.8) is 0 Å². The summed E-state index contributed by atoms with van der Waals surface area (Å²) in [6, 6.07) is 10.0. The van der Waals surface area contributed by atoms with Crippen molar-refractivity contribution in [2.24, 2.45) is 0 Å². The van der Waals surface area contributed by atoms with Gasteiger partial charge in [0, 0.05) is 12.8 Å². The summed E-state index contributed by atoms with van der Waals surface area (Å²) in [6.07, 6.45) is 0.200. The van der Waals surface area contributed by atoms with E-state index >= 15 is 0 Å². The first-order chi connectivity index (χ1) is 14.3. The fraction of sp³-hybridized carbons (Fsp3) is 0.150. The Balaban J connectivity index is 1.54. The van der Waals surface area contributed by atoms with Crippen molar-refractivity contribution >= 4 is 41.1 Å². The highest BCUT2D eigenvalue weighted by Crippen LogP contribution is 2.23. The number of hydrogen-bond donors (Lipinski definition) is 2. The minimum Gasteiger partial charge on any atom is -0.452 e. The number of ether oxygens (including phenoxy) is 1. The molecule has 9 nitrogen and oxygen atoms in total. The van der Waals surface area contributed by atoms with E-state index in [1.807, 2.05) is 5.32 Å². The predicted molar refractivity (Wildman–Crippen MR) is 102 cm³/mol. The number of benzene rings is 2. The minimum atomic E-state index is -0.991. The standard InChI is InChI=1S/C20H16FN3O6/c21-14-6-1-2-7-15(14)22-20(29)23-16(25)11-30-19(28)12-4-3-5-13(10-12)24-17(26)8-9-18(24)27/h1-7,10H,8-9,11H2,(H2,22,23,25,29). The molecule has 1 aliphatic heterocycles. The molecule has 0 atom stereocenters. The van der Waals surface area contributed by atoms with Crippen LogP contribution in [-0.4, -0.2) is 36.3 Å². The third-order valence-electron chi connectivity index (χ3n) is 4.10. The van der Waals surface area contributed by atoms with Crippen LogP contribution in [0.3, 0.4) is 0 Å². The molecule has 0 aliphatic carbocycles. The van der Waals surface area contributed by atoms with Gasteiger partial charge in [-0.1, -0.05) is 18.2 Å². The van der Waals surface area contributed by atoms with Crippen LogP contribution >= 0.6 is 0 Å². The van der Waals surface area contributed by atoms with E-state index in [0.29, 0.717) is 0 Å². The Morgan fingerprint density at radius 3 is 2.40 bits per heavy atom. The maximum absolute atomic E-state index is 13.5. The van der Waals surface area contributed by atoms with Crippen molar-refractivity contribution in [2.45, 2.75) is 12.8 Å². The van der Waals surface area contributed by atoms with Crippen LogP contribution in [-0.2, 0) is 19.1 Å². The topological polar surface area (TPSA) is 122 Å². The van der Waals surface area contributed by atoms with Crippen LogP contribution in [0.4, 0.5) is 20.6 Å². The monoisotopic (exact) mass is 413 g/mol. The highest BCUT2D eigenvalue weighted by Gasteiger charge is 2.30. The van der Waals surface area contributed by atoms with E-state index in [4.69, 9.17) is 4.74 Å². The van der Waals surface area contributed by atoms with Gasteiger partial charge in [0.25, 0.3) is 5.91 Å². The first-order valence-corrected chi connectivity index (χ1v) is 8.83. The lowest BCUT2D eigenvalue weighted by Gasteiger charge is -2.14. The van der Waals surface area contributed by atoms with Gasteiger partial charge >= 0.3 is 12.0 Å². The Bertz CT molecular complexity index is 1020. The number of urea groups is 1. The Morgan fingerprint density at radius 1 is 1.00 bits per heavy atom. The number of carbonyl (C=O) groups excluding carboxylic acids is 5. The second kappa shape index (κ2) is 8.95. The van der Waals surface area contributed by atoms with E-state index in [0.717, 1.165) is 11.0 Å². The summed E-state index contributed by atoms with van der Waals surface area (Å²) in [5, 5.41) is 4.05. The van der Waals surface area contributed by atoms with Gasteiger partial charge < -0.3 is 10.1 Å². The number of amides is 5. The number of esters is 1. The molecule has 2 aromatic carbocycles. The number of nitrogens with zero attached hydrogens (tertiary/aromatic N) is 1. The Kier molecular flexibility index (Phi) is 6.16. The predicted octanol–water partition coefficient (Wildman–Crippen LogP) is 1.98. The van der Waals surface area contributed by atoms with E-state index < -0.39 is 30.3 Å². The molecular formula is C20H16FN3O6. The lowest BCUT2D eigenvalue weighted by molar-refractivity contribution is -0.123. The van der Waals surface area contributed by atoms with E-state index in [9.17, 15) is 28.4 Å². The van der Waals surface area contributed by atoms with E-state index in [-0.39, 0.29) is 41.6 Å². The van der Waals surface area contributed by atoms with Crippen LogP contribution < -0.4 is 15.5 Å². The summed E-state index contributed by atoms with van der Waals surface area (Å²) in [7, 11) is 0. The molecule has 0 bridgehead atoms. The van der Waals surface area contributed by atoms with Gasteiger partial charge in [0.05, 0.1) is 16.9 Å². The molecule has 1 aliphatic rings. The molecule has 5 amide bonds. The zero-order valence-corrected chi connectivity index (χ0v) is 15.5. The van der Waals surface area contributed by atoms with E-state index in [1.165, 1.54) is 42.5 Å². The lowest BCUT2D eigenvalue weighted by Crippen LogP contribution is -2.37. The summed E-state index contributed by atoms with van der Waals surface area (Å²) in [6.45, 7) is -0.769. The Hall–Kier alpha value is -4.08. The quantitative estimate of drug-likeness (QED) is 0.571. The molecule has 1 heterocycles. The second-order valence-corrected chi connectivity index (χ2v) is 6.23. The lowest BCUT2D eigenvalue weighted by atomic mass is 10.2. The SMILES string of the molecule is O=C(COC(=O)c1cccc(N2C(=O)CCC2=O)c1)NC(=O)Nc1ccccc1F. The molecule has 0 unspecified atom stereocenters. The first kappa shape index (κ1) is 20.6. The smallest absolute Gasteiger partial charge is 0.338 e. The Labute approximate surface area is 169 Å². The van der Waals surface area contributed by atoms with Gasteiger partial charge in [-0.3, -0.25) is 24.6 Å².